The van der Waals surface area contributed by atoms with Gasteiger partial charge in [-0.25, -0.2) is 0 Å². The van der Waals surface area contributed by atoms with E-state index >= 15 is 0 Å². The van der Waals surface area contributed by atoms with Crippen LogP contribution in [0.1, 0.15) is 45.6 Å². The Morgan fingerprint density at radius 1 is 1.29 bits per heavy atom. The molecule has 1 amide bonds. The van der Waals surface area contributed by atoms with Gasteiger partial charge in [0.05, 0.1) is 18.3 Å². The van der Waals surface area contributed by atoms with E-state index in [0.717, 1.165) is 32.5 Å². The summed E-state index contributed by atoms with van der Waals surface area (Å²) in [5.41, 5.74) is 0.723. The van der Waals surface area contributed by atoms with Crippen LogP contribution in [0, 0.1) is 11.3 Å². The molecule has 42 heavy (non-hydrogen) atoms. The first-order valence-electron chi connectivity index (χ1n) is 13.8. The van der Waals surface area contributed by atoms with E-state index in [-0.39, 0.29) is 45.4 Å². The predicted molar refractivity (Wildman–Crippen MR) is 158 cm³/mol. The number of rotatable bonds is 13. The minimum absolute atomic E-state index is 0.0281. The number of alkyl halides is 2. The molecule has 230 valence electrons. The fourth-order valence-corrected chi connectivity index (χ4v) is 5.13. The van der Waals surface area contributed by atoms with Crippen LogP contribution in [0.4, 0.5) is 14.5 Å². The number of piperidine rings is 1. The first kappa shape index (κ1) is 32.9. The van der Waals surface area contributed by atoms with Crippen molar-refractivity contribution in [2.45, 2.75) is 52.2 Å². The molecule has 1 aliphatic heterocycles. The van der Waals surface area contributed by atoms with Crippen LogP contribution in [0.5, 0.6) is 5.75 Å². The largest absolute Gasteiger partial charge is 0.466 e. The number of nitrogens with one attached hydrogen (secondary N) is 3. The lowest BCUT2D eigenvalue weighted by Gasteiger charge is -2.32. The van der Waals surface area contributed by atoms with E-state index < -0.39 is 18.4 Å². The lowest BCUT2D eigenvalue weighted by Crippen LogP contribution is -2.40. The monoisotopic (exact) mass is 609 g/mol. The molecule has 2 aromatic rings. The number of esters is 1. The van der Waals surface area contributed by atoms with Crippen LogP contribution in [-0.4, -0.2) is 85.1 Å². The average Bonchev–Trinajstić information content (AvgIpc) is 3.35. The second kappa shape index (κ2) is 15.6. The van der Waals surface area contributed by atoms with Crippen LogP contribution in [0.15, 0.2) is 29.4 Å². The van der Waals surface area contributed by atoms with Crippen molar-refractivity contribution in [2.24, 2.45) is 10.9 Å². The number of anilines is 1. The third-order valence-electron chi connectivity index (χ3n) is 6.96. The van der Waals surface area contributed by atoms with Crippen LogP contribution in [0.3, 0.4) is 0 Å². The molecule has 1 saturated heterocycles. The third-order valence-corrected chi connectivity index (χ3v) is 7.20. The highest BCUT2D eigenvalue weighted by molar-refractivity contribution is 6.31. The fraction of sp³-hybridized carbons (Fsp3) is 0.536. The van der Waals surface area contributed by atoms with E-state index in [9.17, 15) is 18.4 Å². The summed E-state index contributed by atoms with van der Waals surface area (Å²) in [7, 11) is 3.12. The standard InChI is InChI=1S/C28H38ClF2N7O4/c1-5-41-23(39)7-6-12-37-13-10-19(11-14-37)38-16-21(35-27(40)24(17(2)32)26(33-3)34-4)25(36-38)20-15-18(29)8-9-22(20)42-28(30)31/h8-9,15-16,19,24,28,32H,5-7,10-14H2,1-4H3,(H,33,34)(H,35,40). The molecule has 1 atom stereocenters. The van der Waals surface area contributed by atoms with Crippen LogP contribution in [0.25, 0.3) is 11.3 Å². The highest BCUT2D eigenvalue weighted by Gasteiger charge is 2.30. The molecule has 1 aromatic heterocycles. The second-order valence-corrected chi connectivity index (χ2v) is 10.3. The van der Waals surface area contributed by atoms with Gasteiger partial charge in [-0.3, -0.25) is 19.3 Å². The van der Waals surface area contributed by atoms with Gasteiger partial charge < -0.3 is 30.4 Å². The second-order valence-electron chi connectivity index (χ2n) is 9.84. The summed E-state index contributed by atoms with van der Waals surface area (Å²) >= 11 is 6.23. The lowest BCUT2D eigenvalue weighted by molar-refractivity contribution is -0.143. The molecule has 0 spiro atoms. The number of hydrogen-bond donors (Lipinski definition) is 3. The first-order valence-corrected chi connectivity index (χ1v) is 14.2. The number of nitrogens with zero attached hydrogens (tertiary/aromatic N) is 4. The number of aliphatic imine (C=N–C) groups is 1. The van der Waals surface area contributed by atoms with Gasteiger partial charge in [0.25, 0.3) is 0 Å². The number of benzene rings is 1. The fourth-order valence-electron chi connectivity index (χ4n) is 4.96. The number of amidine groups is 1. The zero-order valence-electron chi connectivity index (χ0n) is 24.3. The van der Waals surface area contributed by atoms with E-state index in [1.54, 1.807) is 24.9 Å². The van der Waals surface area contributed by atoms with Crippen molar-refractivity contribution in [1.82, 2.24) is 20.0 Å². The van der Waals surface area contributed by atoms with Crippen molar-refractivity contribution in [3.8, 4) is 17.0 Å². The Labute approximate surface area is 249 Å². The summed E-state index contributed by atoms with van der Waals surface area (Å²) in [6.45, 7) is 2.89. The van der Waals surface area contributed by atoms with Crippen molar-refractivity contribution in [1.29, 1.82) is 5.41 Å². The Morgan fingerprint density at radius 3 is 2.60 bits per heavy atom. The maximum atomic E-state index is 13.4. The van der Waals surface area contributed by atoms with Gasteiger partial charge in [-0.2, -0.15) is 13.9 Å². The zero-order chi connectivity index (χ0) is 30.8. The predicted octanol–water partition coefficient (Wildman–Crippen LogP) is 4.63. The van der Waals surface area contributed by atoms with E-state index in [1.165, 1.54) is 32.2 Å². The molecule has 3 rings (SSSR count). The van der Waals surface area contributed by atoms with Gasteiger partial charge >= 0.3 is 12.6 Å². The summed E-state index contributed by atoms with van der Waals surface area (Å²) in [6.07, 6.45) is 4.24. The maximum Gasteiger partial charge on any atom is 0.387 e. The molecule has 0 aliphatic carbocycles. The number of ether oxygens (including phenoxy) is 2. The van der Waals surface area contributed by atoms with Crippen molar-refractivity contribution in [3.63, 3.8) is 0 Å². The minimum atomic E-state index is -3.08. The van der Waals surface area contributed by atoms with Crippen LogP contribution < -0.4 is 15.4 Å². The summed E-state index contributed by atoms with van der Waals surface area (Å²) in [4.78, 5) is 31.4. The van der Waals surface area contributed by atoms with Gasteiger partial charge in [-0.1, -0.05) is 11.6 Å². The smallest absolute Gasteiger partial charge is 0.387 e. The molecule has 1 aliphatic rings. The third kappa shape index (κ3) is 8.71. The Bertz CT molecular complexity index is 1280. The number of hydrogen-bond acceptors (Lipinski definition) is 8. The van der Waals surface area contributed by atoms with E-state index in [4.69, 9.17) is 31.6 Å². The number of amides is 1. The lowest BCUT2D eigenvalue weighted by atomic mass is 10.0. The number of carbonyl (C=O) groups is 2. The molecule has 1 fully saturated rings. The summed E-state index contributed by atoms with van der Waals surface area (Å²) < 4.78 is 38.0. The maximum absolute atomic E-state index is 13.4. The zero-order valence-corrected chi connectivity index (χ0v) is 25.0. The van der Waals surface area contributed by atoms with Gasteiger partial charge in [-0.15, -0.1) is 0 Å². The van der Waals surface area contributed by atoms with Gasteiger partial charge in [0.15, 0.2) is 0 Å². The molecule has 0 radical (unpaired) electrons. The summed E-state index contributed by atoms with van der Waals surface area (Å²) in [5, 5.41) is 18.8. The number of likely N-dealkylation sites (tertiary alicyclic amines) is 1. The molecule has 0 bridgehead atoms. The topological polar surface area (TPSA) is 134 Å². The van der Waals surface area contributed by atoms with Gasteiger partial charge in [0.2, 0.25) is 5.91 Å². The minimum Gasteiger partial charge on any atom is -0.466 e. The Balaban J connectivity index is 1.89. The van der Waals surface area contributed by atoms with Crippen LogP contribution >= 0.6 is 11.6 Å². The normalized spacial score (nSPS) is 15.4. The highest BCUT2D eigenvalue weighted by Crippen LogP contribution is 2.38. The van der Waals surface area contributed by atoms with Crippen molar-refractivity contribution in [3.05, 3.63) is 29.4 Å². The highest BCUT2D eigenvalue weighted by atomic mass is 35.5. The quantitative estimate of drug-likeness (QED) is 0.171. The van der Waals surface area contributed by atoms with E-state index in [0.29, 0.717) is 25.3 Å². The molecule has 1 unspecified atom stereocenters. The Kier molecular flexibility index (Phi) is 12.2. The molecule has 11 nitrogen and oxygen atoms in total. The molecular formula is C28H38ClF2N7O4. The summed E-state index contributed by atoms with van der Waals surface area (Å²) in [5.74, 6) is -1.57. The first-order chi connectivity index (χ1) is 20.1. The number of carbonyl (C=O) groups excluding carboxylic acids is 2. The SMILES string of the molecule is CCOC(=O)CCCN1CCC(n2cc(NC(=O)C(C(C)=N)C(=NC)NC)c(-c3cc(Cl)ccc3OC(F)F)n2)CC1. The number of aromatic nitrogens is 2. The van der Waals surface area contributed by atoms with E-state index in [1.807, 2.05) is 0 Å². The summed E-state index contributed by atoms with van der Waals surface area (Å²) in [6, 6.07) is 4.19. The van der Waals surface area contributed by atoms with Crippen molar-refractivity contribution >= 4 is 40.7 Å². The van der Waals surface area contributed by atoms with Crippen molar-refractivity contribution < 1.29 is 27.8 Å². The van der Waals surface area contributed by atoms with Gasteiger partial charge in [0.1, 0.15) is 23.2 Å². The van der Waals surface area contributed by atoms with Crippen LogP contribution in [0.2, 0.25) is 5.02 Å². The van der Waals surface area contributed by atoms with Crippen molar-refractivity contribution in [2.75, 3.05) is 45.7 Å². The molecule has 2 heterocycles. The van der Waals surface area contributed by atoms with Gasteiger partial charge in [0, 0.05) is 56.1 Å². The molecule has 0 saturated carbocycles. The van der Waals surface area contributed by atoms with Gasteiger partial charge in [-0.05, 0) is 57.9 Å². The molecule has 3 N–H and O–H groups in total. The number of halogens is 3. The van der Waals surface area contributed by atoms with E-state index in [2.05, 4.69) is 20.5 Å². The van der Waals surface area contributed by atoms with Crippen LogP contribution in [-0.2, 0) is 14.3 Å². The Hall–Kier alpha value is -3.58. The Morgan fingerprint density at radius 2 is 2.00 bits per heavy atom. The molecular weight excluding hydrogens is 572 g/mol. The average molecular weight is 610 g/mol. The molecule has 14 heteroatoms. The molecule has 1 aromatic carbocycles.